The molecule has 0 saturated carbocycles. The maximum Gasteiger partial charge on any atom is 0.422 e. The monoisotopic (exact) mass is 205 g/mol. The second-order valence-electron chi connectivity index (χ2n) is 3.49. The first kappa shape index (κ1) is 9.71. The molecule has 1 fully saturated rings. The van der Waals surface area contributed by atoms with Crippen LogP contribution in [0.25, 0.3) is 0 Å². The topological polar surface area (TPSA) is 46.6 Å². The van der Waals surface area contributed by atoms with Crippen LogP contribution in [0.4, 0.5) is 10.5 Å². The van der Waals surface area contributed by atoms with Crippen LogP contribution in [-0.4, -0.2) is 18.1 Å². The van der Waals surface area contributed by atoms with Gasteiger partial charge in [0.05, 0.1) is 5.69 Å². The van der Waals surface area contributed by atoms with E-state index in [1.807, 2.05) is 19.1 Å². The van der Waals surface area contributed by atoms with Crippen LogP contribution in [0.5, 0.6) is 0 Å². The number of para-hydroxylation sites is 1. The Bertz CT molecular complexity index is 428. The molecule has 1 aliphatic rings. The fourth-order valence-electron chi connectivity index (χ4n) is 1.56. The number of aryl methyl sites for hydroxylation is 1. The summed E-state index contributed by atoms with van der Waals surface area (Å²) in [5.41, 5.74) is 1.47. The Morgan fingerprint density at radius 2 is 1.93 bits per heavy atom. The van der Waals surface area contributed by atoms with Gasteiger partial charge in [-0.25, -0.2) is 9.69 Å². The third-order valence-electron chi connectivity index (χ3n) is 2.38. The van der Waals surface area contributed by atoms with Crippen LogP contribution in [-0.2, 0) is 9.53 Å². The molecule has 0 aliphatic carbocycles. The van der Waals surface area contributed by atoms with Crippen molar-refractivity contribution in [3.8, 4) is 0 Å². The van der Waals surface area contributed by atoms with Gasteiger partial charge in [-0.3, -0.25) is 4.79 Å². The molecule has 1 aromatic rings. The number of cyclic esters (lactones) is 1. The van der Waals surface area contributed by atoms with Crippen molar-refractivity contribution < 1.29 is 14.3 Å². The Hall–Kier alpha value is -1.84. The Morgan fingerprint density at radius 3 is 2.47 bits per heavy atom. The molecule has 0 spiro atoms. The number of benzene rings is 1. The van der Waals surface area contributed by atoms with Gasteiger partial charge in [-0.2, -0.15) is 0 Å². The summed E-state index contributed by atoms with van der Waals surface area (Å²) in [4.78, 5) is 24.2. The van der Waals surface area contributed by atoms with Crippen LogP contribution in [0.15, 0.2) is 24.3 Å². The van der Waals surface area contributed by atoms with E-state index in [-0.39, 0.29) is 5.91 Å². The highest BCUT2D eigenvalue weighted by Gasteiger charge is 2.39. The first-order valence-electron chi connectivity index (χ1n) is 4.71. The summed E-state index contributed by atoms with van der Waals surface area (Å²) in [6.45, 7) is 3.41. The maximum atomic E-state index is 11.6. The summed E-state index contributed by atoms with van der Waals surface area (Å²) in [5, 5.41) is 0. The quantitative estimate of drug-likeness (QED) is 0.703. The summed E-state index contributed by atoms with van der Waals surface area (Å²) in [6.07, 6.45) is -1.28. The summed E-state index contributed by atoms with van der Waals surface area (Å²) < 4.78 is 4.83. The molecule has 4 nitrogen and oxygen atoms in total. The molecule has 15 heavy (non-hydrogen) atoms. The van der Waals surface area contributed by atoms with Crippen molar-refractivity contribution >= 4 is 17.7 Å². The Kier molecular flexibility index (Phi) is 2.19. The van der Waals surface area contributed by atoms with E-state index in [0.29, 0.717) is 5.69 Å². The van der Waals surface area contributed by atoms with Crippen molar-refractivity contribution in [1.82, 2.24) is 0 Å². The lowest BCUT2D eigenvalue weighted by molar-refractivity contribution is -0.121. The van der Waals surface area contributed by atoms with Crippen LogP contribution in [0.1, 0.15) is 12.5 Å². The normalized spacial score (nSPS) is 20.7. The largest absolute Gasteiger partial charge is 0.436 e. The molecule has 1 aliphatic heterocycles. The predicted octanol–water partition coefficient (Wildman–Crippen LogP) is 1.87. The first-order valence-corrected chi connectivity index (χ1v) is 4.71. The standard InChI is InChI=1S/C11H11NO3/c1-7-5-3-4-6-9(7)12-10(13)8(2)15-11(12)14/h3-6,8H,1-2H3/t8-/m0/s1. The van der Waals surface area contributed by atoms with Crippen LogP contribution in [0, 0.1) is 6.92 Å². The maximum absolute atomic E-state index is 11.6. The number of carbonyl (C=O) groups excluding carboxylic acids is 2. The molecule has 1 saturated heterocycles. The number of amides is 2. The minimum atomic E-state index is -0.683. The van der Waals surface area contributed by atoms with E-state index < -0.39 is 12.2 Å². The molecular weight excluding hydrogens is 194 g/mol. The van der Waals surface area contributed by atoms with Crippen molar-refractivity contribution in [3.05, 3.63) is 29.8 Å². The van der Waals surface area contributed by atoms with Gasteiger partial charge in [-0.15, -0.1) is 0 Å². The first-order chi connectivity index (χ1) is 7.11. The molecule has 0 radical (unpaired) electrons. The average Bonchev–Trinajstić information content (AvgIpc) is 2.43. The molecular formula is C11H11NO3. The fraction of sp³-hybridized carbons (Fsp3) is 0.273. The minimum Gasteiger partial charge on any atom is -0.436 e. The highest BCUT2D eigenvalue weighted by Crippen LogP contribution is 2.25. The van der Waals surface area contributed by atoms with Crippen molar-refractivity contribution in [2.75, 3.05) is 4.90 Å². The minimum absolute atomic E-state index is 0.311. The van der Waals surface area contributed by atoms with Gasteiger partial charge >= 0.3 is 6.09 Å². The average molecular weight is 205 g/mol. The van der Waals surface area contributed by atoms with Gasteiger partial charge in [0.2, 0.25) is 0 Å². The van der Waals surface area contributed by atoms with Crippen molar-refractivity contribution in [3.63, 3.8) is 0 Å². The number of imide groups is 1. The molecule has 4 heteroatoms. The van der Waals surface area contributed by atoms with Gasteiger partial charge in [0, 0.05) is 0 Å². The van der Waals surface area contributed by atoms with E-state index in [0.717, 1.165) is 10.5 Å². The van der Waals surface area contributed by atoms with E-state index in [2.05, 4.69) is 0 Å². The number of carbonyl (C=O) groups is 2. The molecule has 1 heterocycles. The number of anilines is 1. The number of rotatable bonds is 1. The second-order valence-corrected chi connectivity index (χ2v) is 3.49. The third kappa shape index (κ3) is 1.48. The second kappa shape index (κ2) is 3.38. The molecule has 0 N–H and O–H groups in total. The van der Waals surface area contributed by atoms with Crippen molar-refractivity contribution in [2.45, 2.75) is 20.0 Å². The molecule has 1 atom stereocenters. The van der Waals surface area contributed by atoms with Gasteiger partial charge in [0.25, 0.3) is 5.91 Å². The molecule has 78 valence electrons. The van der Waals surface area contributed by atoms with Gasteiger partial charge in [0.1, 0.15) is 0 Å². The van der Waals surface area contributed by atoms with E-state index in [1.165, 1.54) is 0 Å². The van der Waals surface area contributed by atoms with Gasteiger partial charge in [-0.05, 0) is 25.5 Å². The molecule has 2 amide bonds. The predicted molar refractivity (Wildman–Crippen MR) is 54.6 cm³/mol. The lowest BCUT2D eigenvalue weighted by Crippen LogP contribution is -2.30. The Labute approximate surface area is 87.4 Å². The Morgan fingerprint density at radius 1 is 1.27 bits per heavy atom. The number of hydrogen-bond donors (Lipinski definition) is 0. The lowest BCUT2D eigenvalue weighted by atomic mass is 10.2. The van der Waals surface area contributed by atoms with E-state index in [1.54, 1.807) is 19.1 Å². The van der Waals surface area contributed by atoms with Gasteiger partial charge < -0.3 is 4.74 Å². The van der Waals surface area contributed by atoms with Crippen LogP contribution in [0.2, 0.25) is 0 Å². The zero-order chi connectivity index (χ0) is 11.0. The highest BCUT2D eigenvalue weighted by atomic mass is 16.6. The van der Waals surface area contributed by atoms with Gasteiger partial charge in [-0.1, -0.05) is 18.2 Å². The highest BCUT2D eigenvalue weighted by molar-refractivity contribution is 6.18. The van der Waals surface area contributed by atoms with Crippen LogP contribution in [0.3, 0.4) is 0 Å². The van der Waals surface area contributed by atoms with Crippen molar-refractivity contribution in [2.24, 2.45) is 0 Å². The molecule has 0 bridgehead atoms. The summed E-state index contributed by atoms with van der Waals surface area (Å²) in [6, 6.07) is 7.21. The number of nitrogens with zero attached hydrogens (tertiary/aromatic N) is 1. The zero-order valence-electron chi connectivity index (χ0n) is 8.56. The molecule has 2 rings (SSSR count). The lowest BCUT2D eigenvalue weighted by Gasteiger charge is -2.13. The number of hydrogen-bond acceptors (Lipinski definition) is 3. The fourth-order valence-corrected chi connectivity index (χ4v) is 1.56. The SMILES string of the molecule is Cc1ccccc1N1C(=O)O[C@@H](C)C1=O. The van der Waals surface area contributed by atoms with Crippen molar-refractivity contribution in [1.29, 1.82) is 0 Å². The van der Waals surface area contributed by atoms with E-state index in [4.69, 9.17) is 4.74 Å². The van der Waals surface area contributed by atoms with Crippen LogP contribution >= 0.6 is 0 Å². The number of ether oxygens (including phenoxy) is 1. The summed E-state index contributed by atoms with van der Waals surface area (Å²) >= 11 is 0. The summed E-state index contributed by atoms with van der Waals surface area (Å²) in [5.74, 6) is -0.311. The van der Waals surface area contributed by atoms with Gasteiger partial charge in [0.15, 0.2) is 6.10 Å². The van der Waals surface area contributed by atoms with Crippen LogP contribution < -0.4 is 4.90 Å². The smallest absolute Gasteiger partial charge is 0.422 e. The summed E-state index contributed by atoms with van der Waals surface area (Å²) in [7, 11) is 0. The van der Waals surface area contributed by atoms with E-state index >= 15 is 0 Å². The third-order valence-corrected chi connectivity index (χ3v) is 2.38. The molecule has 1 aromatic carbocycles. The zero-order valence-corrected chi connectivity index (χ0v) is 8.56. The molecule has 0 unspecified atom stereocenters. The Balaban J connectivity index is 2.44. The van der Waals surface area contributed by atoms with E-state index in [9.17, 15) is 9.59 Å². The molecule has 0 aromatic heterocycles.